The summed E-state index contributed by atoms with van der Waals surface area (Å²) in [4.78, 5) is 9.35. The molecule has 8 nitrogen and oxygen atoms in total. The van der Waals surface area contributed by atoms with Crippen LogP contribution < -0.4 is 20.7 Å². The second-order valence-corrected chi connectivity index (χ2v) is 7.21. The molecule has 0 aliphatic carbocycles. The summed E-state index contributed by atoms with van der Waals surface area (Å²) in [6.45, 7) is 5.05. The van der Waals surface area contributed by atoms with Crippen molar-refractivity contribution in [1.29, 1.82) is 0 Å². The van der Waals surface area contributed by atoms with Gasteiger partial charge in [0.15, 0.2) is 0 Å². The molecular weight excluding hydrogens is 378 g/mol. The summed E-state index contributed by atoms with van der Waals surface area (Å²) in [6.07, 6.45) is 10.4. The van der Waals surface area contributed by atoms with E-state index in [9.17, 15) is 0 Å². The van der Waals surface area contributed by atoms with Gasteiger partial charge in [0, 0.05) is 30.6 Å². The summed E-state index contributed by atoms with van der Waals surface area (Å²) in [7, 11) is 3.56. The highest BCUT2D eigenvalue weighted by molar-refractivity contribution is 5.72. The van der Waals surface area contributed by atoms with E-state index in [0.29, 0.717) is 11.7 Å². The Kier molecular flexibility index (Phi) is 5.41. The molecule has 1 aliphatic heterocycles. The van der Waals surface area contributed by atoms with Crippen LogP contribution in [0.5, 0.6) is 5.75 Å². The summed E-state index contributed by atoms with van der Waals surface area (Å²) in [5, 5.41) is 14.5. The molecule has 0 amide bonds. The number of aryl methyl sites for hydroxylation is 1. The largest absolute Gasteiger partial charge is 0.495 e. The number of aromatic nitrogens is 4. The van der Waals surface area contributed by atoms with Gasteiger partial charge in [-0.15, -0.1) is 0 Å². The molecule has 0 spiro atoms. The molecule has 1 aromatic carbocycles. The lowest BCUT2D eigenvalue weighted by Crippen LogP contribution is -2.53. The van der Waals surface area contributed by atoms with Crippen LogP contribution in [-0.4, -0.2) is 33.4 Å². The Morgan fingerprint density at radius 1 is 1.20 bits per heavy atom. The van der Waals surface area contributed by atoms with Crippen molar-refractivity contribution in [2.75, 3.05) is 19.0 Å². The molecule has 0 radical (unpaired) electrons. The summed E-state index contributed by atoms with van der Waals surface area (Å²) in [6, 6.07) is 5.98. The molecule has 0 saturated heterocycles. The van der Waals surface area contributed by atoms with E-state index in [0.717, 1.165) is 41.0 Å². The van der Waals surface area contributed by atoms with Crippen LogP contribution in [0.25, 0.3) is 17.2 Å². The monoisotopic (exact) mass is 405 g/mol. The zero-order chi connectivity index (χ0) is 21.1. The van der Waals surface area contributed by atoms with Gasteiger partial charge in [-0.2, -0.15) is 5.10 Å². The van der Waals surface area contributed by atoms with E-state index < -0.39 is 5.66 Å². The van der Waals surface area contributed by atoms with Crippen molar-refractivity contribution in [2.45, 2.75) is 25.9 Å². The zero-order valence-corrected chi connectivity index (χ0v) is 17.7. The van der Waals surface area contributed by atoms with Gasteiger partial charge >= 0.3 is 0 Å². The first-order valence-corrected chi connectivity index (χ1v) is 10.1. The summed E-state index contributed by atoms with van der Waals surface area (Å²) in [5.41, 5.74) is 4.38. The van der Waals surface area contributed by atoms with E-state index >= 15 is 0 Å². The number of methoxy groups -OCH3 is 1. The fourth-order valence-electron chi connectivity index (χ4n) is 3.75. The molecule has 0 bridgehead atoms. The van der Waals surface area contributed by atoms with Crippen LogP contribution in [0, 0.1) is 0 Å². The Labute approximate surface area is 176 Å². The Hall–Kier alpha value is -3.39. The second-order valence-electron chi connectivity index (χ2n) is 7.21. The Bertz CT molecular complexity index is 1080. The molecule has 0 saturated carbocycles. The van der Waals surface area contributed by atoms with Crippen LogP contribution in [0.3, 0.4) is 0 Å². The molecule has 1 atom stereocenters. The van der Waals surface area contributed by atoms with Gasteiger partial charge in [0.25, 0.3) is 0 Å². The van der Waals surface area contributed by atoms with E-state index in [4.69, 9.17) is 9.72 Å². The zero-order valence-electron chi connectivity index (χ0n) is 17.7. The average Bonchev–Trinajstić information content (AvgIpc) is 3.21. The molecular formula is C22H27N7O. The standard InChI is InChI=1S/C22H27N7O/c1-5-22(24-6-2)20-16(9-10-25-22)12-23-21(28-20)27-18-8-7-15(11-19(18)30-4)17-13-26-29(3)14-17/h7-14,24-25H,5-6H2,1-4H3,(H,23,27,28). The van der Waals surface area contributed by atoms with Gasteiger partial charge in [0.1, 0.15) is 11.4 Å². The van der Waals surface area contributed by atoms with Crippen molar-refractivity contribution in [1.82, 2.24) is 30.4 Å². The van der Waals surface area contributed by atoms with E-state index in [1.165, 1.54) is 0 Å². The van der Waals surface area contributed by atoms with E-state index in [1.807, 2.05) is 56.1 Å². The second kappa shape index (κ2) is 8.16. The van der Waals surface area contributed by atoms with Crippen molar-refractivity contribution in [3.63, 3.8) is 0 Å². The fourth-order valence-corrected chi connectivity index (χ4v) is 3.75. The topological polar surface area (TPSA) is 88.9 Å². The normalized spacial score (nSPS) is 17.3. The van der Waals surface area contributed by atoms with Crippen LogP contribution >= 0.6 is 0 Å². The number of anilines is 2. The van der Waals surface area contributed by atoms with Gasteiger partial charge in [-0.25, -0.2) is 9.97 Å². The number of rotatable bonds is 7. The molecule has 1 unspecified atom stereocenters. The SMILES string of the molecule is CCNC1(CC)NC=Cc2cnc(Nc3ccc(-c4cnn(C)c4)cc3OC)nc21. The van der Waals surface area contributed by atoms with Crippen LogP contribution in [0.15, 0.2) is 43.0 Å². The van der Waals surface area contributed by atoms with Crippen LogP contribution in [0.2, 0.25) is 0 Å². The fraction of sp³-hybridized carbons (Fsp3) is 0.318. The number of fused-ring (bicyclic) bond motifs is 1. The van der Waals surface area contributed by atoms with Crippen molar-refractivity contribution in [2.24, 2.45) is 7.05 Å². The Morgan fingerprint density at radius 2 is 2.07 bits per heavy atom. The molecule has 0 fully saturated rings. The molecule has 156 valence electrons. The van der Waals surface area contributed by atoms with Crippen LogP contribution in [0.1, 0.15) is 31.5 Å². The van der Waals surface area contributed by atoms with E-state index in [1.54, 1.807) is 11.8 Å². The Balaban J connectivity index is 1.66. The van der Waals surface area contributed by atoms with Crippen molar-refractivity contribution in [3.8, 4) is 16.9 Å². The molecule has 4 rings (SSSR count). The van der Waals surface area contributed by atoms with E-state index in [2.05, 4.69) is 39.9 Å². The molecule has 1 aliphatic rings. The maximum Gasteiger partial charge on any atom is 0.227 e. The summed E-state index contributed by atoms with van der Waals surface area (Å²) >= 11 is 0. The van der Waals surface area contributed by atoms with Gasteiger partial charge in [-0.05, 0) is 42.9 Å². The van der Waals surface area contributed by atoms with Gasteiger partial charge in [-0.1, -0.05) is 19.9 Å². The smallest absolute Gasteiger partial charge is 0.227 e. The molecule has 3 N–H and O–H groups in total. The minimum Gasteiger partial charge on any atom is -0.495 e. The summed E-state index contributed by atoms with van der Waals surface area (Å²) in [5.74, 6) is 1.23. The first kappa shape index (κ1) is 19.9. The number of nitrogens with one attached hydrogen (secondary N) is 3. The molecule has 2 aromatic heterocycles. The molecule has 3 aromatic rings. The van der Waals surface area contributed by atoms with Gasteiger partial charge < -0.3 is 15.4 Å². The summed E-state index contributed by atoms with van der Waals surface area (Å²) < 4.78 is 7.40. The Morgan fingerprint density at radius 3 is 2.77 bits per heavy atom. The number of hydrogen-bond acceptors (Lipinski definition) is 7. The molecule has 3 heterocycles. The predicted molar refractivity (Wildman–Crippen MR) is 118 cm³/mol. The van der Waals surface area contributed by atoms with Gasteiger partial charge in [0.2, 0.25) is 5.95 Å². The van der Waals surface area contributed by atoms with Gasteiger partial charge in [0.05, 0.1) is 24.7 Å². The minimum atomic E-state index is -0.410. The lowest BCUT2D eigenvalue weighted by atomic mass is 9.95. The number of hydrogen-bond donors (Lipinski definition) is 3. The highest BCUT2D eigenvalue weighted by atomic mass is 16.5. The molecule has 30 heavy (non-hydrogen) atoms. The van der Waals surface area contributed by atoms with Crippen LogP contribution in [0.4, 0.5) is 11.6 Å². The highest BCUT2D eigenvalue weighted by Crippen LogP contribution is 2.33. The predicted octanol–water partition coefficient (Wildman–Crippen LogP) is 3.38. The third kappa shape index (κ3) is 3.61. The maximum absolute atomic E-state index is 5.62. The lowest BCUT2D eigenvalue weighted by Gasteiger charge is -2.37. The van der Waals surface area contributed by atoms with Crippen molar-refractivity contribution in [3.05, 3.63) is 54.2 Å². The van der Waals surface area contributed by atoms with Gasteiger partial charge in [-0.3, -0.25) is 10.00 Å². The number of benzene rings is 1. The lowest BCUT2D eigenvalue weighted by molar-refractivity contribution is 0.276. The average molecular weight is 406 g/mol. The number of ether oxygens (including phenoxy) is 1. The van der Waals surface area contributed by atoms with Crippen molar-refractivity contribution < 1.29 is 4.74 Å². The first-order chi connectivity index (χ1) is 14.6. The number of nitrogens with zero attached hydrogens (tertiary/aromatic N) is 4. The van der Waals surface area contributed by atoms with Crippen molar-refractivity contribution >= 4 is 17.7 Å². The van der Waals surface area contributed by atoms with E-state index in [-0.39, 0.29) is 0 Å². The molecule has 8 heteroatoms. The minimum absolute atomic E-state index is 0.410. The van der Waals surface area contributed by atoms with Crippen LogP contribution in [-0.2, 0) is 12.7 Å². The third-order valence-corrected chi connectivity index (χ3v) is 5.31. The third-order valence-electron chi connectivity index (χ3n) is 5.31. The highest BCUT2D eigenvalue weighted by Gasteiger charge is 2.34. The first-order valence-electron chi connectivity index (χ1n) is 10.1. The quantitative estimate of drug-likeness (QED) is 0.555. The maximum atomic E-state index is 5.62.